The maximum Gasteiger partial charge on any atom is 0.0705 e. The van der Waals surface area contributed by atoms with Crippen molar-refractivity contribution in [1.82, 2.24) is 4.98 Å². The number of aromatic nitrogens is 1. The van der Waals surface area contributed by atoms with Crippen molar-refractivity contribution in [2.24, 2.45) is 5.73 Å². The van der Waals surface area contributed by atoms with Crippen molar-refractivity contribution in [3.05, 3.63) is 41.6 Å². The summed E-state index contributed by atoms with van der Waals surface area (Å²) in [6.07, 6.45) is 1.03. The number of benzene rings is 1. The third-order valence-corrected chi connectivity index (χ3v) is 3.38. The van der Waals surface area contributed by atoms with Crippen LogP contribution in [0.5, 0.6) is 0 Å². The van der Waals surface area contributed by atoms with E-state index in [1.54, 1.807) is 0 Å². The third-order valence-electron chi connectivity index (χ3n) is 3.38. The van der Waals surface area contributed by atoms with Crippen LogP contribution < -0.4 is 5.73 Å². The molecule has 2 nitrogen and oxygen atoms in total. The standard InChI is InChI=1S/C15H20N2/c1-4-13(11(3)16)15-10(2)9-12-7-5-6-8-14(12)17-15/h5-9,11,13H,4,16H2,1-3H3. The van der Waals surface area contributed by atoms with Crippen LogP contribution >= 0.6 is 0 Å². The van der Waals surface area contributed by atoms with Gasteiger partial charge in [-0.1, -0.05) is 25.1 Å². The highest BCUT2D eigenvalue weighted by molar-refractivity contribution is 5.79. The van der Waals surface area contributed by atoms with Gasteiger partial charge >= 0.3 is 0 Å². The van der Waals surface area contributed by atoms with E-state index in [4.69, 9.17) is 10.7 Å². The van der Waals surface area contributed by atoms with E-state index in [1.807, 2.05) is 12.1 Å². The Hall–Kier alpha value is -1.41. The molecule has 2 N–H and O–H groups in total. The normalized spacial score (nSPS) is 14.8. The summed E-state index contributed by atoms with van der Waals surface area (Å²) in [6.45, 7) is 6.36. The number of fused-ring (bicyclic) bond motifs is 1. The number of nitrogens with two attached hydrogens (primary N) is 1. The summed E-state index contributed by atoms with van der Waals surface area (Å²) in [5.41, 5.74) is 9.51. The summed E-state index contributed by atoms with van der Waals surface area (Å²) in [5, 5.41) is 1.20. The lowest BCUT2D eigenvalue weighted by Gasteiger charge is -2.20. The lowest BCUT2D eigenvalue weighted by Crippen LogP contribution is -2.25. The molecule has 0 aliphatic carbocycles. The van der Waals surface area contributed by atoms with Crippen LogP contribution in [0.15, 0.2) is 30.3 Å². The minimum Gasteiger partial charge on any atom is -0.327 e. The zero-order valence-corrected chi connectivity index (χ0v) is 10.8. The van der Waals surface area contributed by atoms with Gasteiger partial charge in [0, 0.05) is 23.0 Å². The van der Waals surface area contributed by atoms with E-state index in [2.05, 4.69) is 39.0 Å². The molecule has 0 aliphatic heterocycles. The van der Waals surface area contributed by atoms with Crippen molar-refractivity contribution in [3.8, 4) is 0 Å². The topological polar surface area (TPSA) is 38.9 Å². The van der Waals surface area contributed by atoms with Crippen LogP contribution in [0.1, 0.15) is 37.4 Å². The lowest BCUT2D eigenvalue weighted by molar-refractivity contribution is 0.539. The van der Waals surface area contributed by atoms with Crippen molar-refractivity contribution in [3.63, 3.8) is 0 Å². The number of pyridine rings is 1. The Balaban J connectivity index is 2.57. The van der Waals surface area contributed by atoms with E-state index in [0.29, 0.717) is 5.92 Å². The molecule has 2 heteroatoms. The van der Waals surface area contributed by atoms with Gasteiger partial charge in [0.25, 0.3) is 0 Å². The molecule has 0 radical (unpaired) electrons. The highest BCUT2D eigenvalue weighted by Gasteiger charge is 2.18. The number of nitrogens with zero attached hydrogens (tertiary/aromatic N) is 1. The van der Waals surface area contributed by atoms with E-state index in [-0.39, 0.29) is 6.04 Å². The molecule has 0 fully saturated rings. The van der Waals surface area contributed by atoms with Crippen molar-refractivity contribution in [2.75, 3.05) is 0 Å². The van der Waals surface area contributed by atoms with E-state index in [0.717, 1.165) is 17.6 Å². The zero-order valence-electron chi connectivity index (χ0n) is 10.8. The van der Waals surface area contributed by atoms with Crippen LogP contribution in [-0.2, 0) is 0 Å². The Kier molecular flexibility index (Phi) is 3.43. The number of hydrogen-bond acceptors (Lipinski definition) is 2. The van der Waals surface area contributed by atoms with Crippen LogP contribution in [0.2, 0.25) is 0 Å². The van der Waals surface area contributed by atoms with Gasteiger partial charge in [-0.3, -0.25) is 4.98 Å². The fourth-order valence-electron chi connectivity index (χ4n) is 2.43. The summed E-state index contributed by atoms with van der Waals surface area (Å²) in [4.78, 5) is 4.79. The Morgan fingerprint density at radius 1 is 1.29 bits per heavy atom. The first kappa shape index (κ1) is 12.1. The minimum atomic E-state index is 0.146. The molecular weight excluding hydrogens is 208 g/mol. The average Bonchev–Trinajstić information content (AvgIpc) is 2.30. The molecule has 2 rings (SSSR count). The predicted octanol–water partition coefficient (Wildman–Crippen LogP) is 3.38. The van der Waals surface area contributed by atoms with Crippen LogP contribution in [0, 0.1) is 6.92 Å². The van der Waals surface area contributed by atoms with E-state index >= 15 is 0 Å². The summed E-state index contributed by atoms with van der Waals surface area (Å²) in [7, 11) is 0. The smallest absolute Gasteiger partial charge is 0.0705 e. The van der Waals surface area contributed by atoms with Gasteiger partial charge < -0.3 is 5.73 Å². The molecule has 2 unspecified atom stereocenters. The maximum atomic E-state index is 6.05. The Morgan fingerprint density at radius 2 is 2.00 bits per heavy atom. The SMILES string of the molecule is CCC(c1nc2ccccc2cc1C)C(C)N. The van der Waals surface area contributed by atoms with Crippen molar-refractivity contribution >= 4 is 10.9 Å². The summed E-state index contributed by atoms with van der Waals surface area (Å²) < 4.78 is 0. The molecule has 2 aromatic rings. The molecule has 2 atom stereocenters. The second kappa shape index (κ2) is 4.84. The van der Waals surface area contributed by atoms with E-state index in [1.165, 1.54) is 10.9 Å². The van der Waals surface area contributed by atoms with Crippen LogP contribution in [0.3, 0.4) is 0 Å². The van der Waals surface area contributed by atoms with Crippen molar-refractivity contribution < 1.29 is 0 Å². The molecule has 1 aromatic carbocycles. The van der Waals surface area contributed by atoms with Gasteiger partial charge in [-0.2, -0.15) is 0 Å². The summed E-state index contributed by atoms with van der Waals surface area (Å²) in [6, 6.07) is 10.6. The van der Waals surface area contributed by atoms with Gasteiger partial charge in [0.1, 0.15) is 0 Å². The predicted molar refractivity (Wildman–Crippen MR) is 73.2 cm³/mol. The first-order valence-corrected chi connectivity index (χ1v) is 6.25. The van der Waals surface area contributed by atoms with Gasteiger partial charge in [0.15, 0.2) is 0 Å². The monoisotopic (exact) mass is 228 g/mol. The maximum absolute atomic E-state index is 6.05. The first-order chi connectivity index (χ1) is 8.13. The molecule has 1 heterocycles. The quantitative estimate of drug-likeness (QED) is 0.874. The second-order valence-corrected chi connectivity index (χ2v) is 4.76. The van der Waals surface area contributed by atoms with E-state index in [9.17, 15) is 0 Å². The van der Waals surface area contributed by atoms with Crippen molar-refractivity contribution in [2.45, 2.75) is 39.2 Å². The molecule has 0 saturated carbocycles. The highest BCUT2D eigenvalue weighted by atomic mass is 14.7. The molecule has 0 bridgehead atoms. The molecule has 0 spiro atoms. The lowest BCUT2D eigenvalue weighted by atomic mass is 9.91. The first-order valence-electron chi connectivity index (χ1n) is 6.25. The Morgan fingerprint density at radius 3 is 2.65 bits per heavy atom. The summed E-state index contributed by atoms with van der Waals surface area (Å²) in [5.74, 6) is 0.347. The molecular formula is C15H20N2. The third kappa shape index (κ3) is 2.32. The van der Waals surface area contributed by atoms with Crippen LogP contribution in [0.25, 0.3) is 10.9 Å². The van der Waals surface area contributed by atoms with Gasteiger partial charge in [-0.25, -0.2) is 0 Å². The Labute approximate surface area is 103 Å². The van der Waals surface area contributed by atoms with Gasteiger partial charge in [-0.05, 0) is 38.0 Å². The molecule has 0 saturated heterocycles. The van der Waals surface area contributed by atoms with Gasteiger partial charge in [0.05, 0.1) is 5.52 Å². The largest absolute Gasteiger partial charge is 0.327 e. The zero-order chi connectivity index (χ0) is 12.4. The molecule has 0 aliphatic rings. The van der Waals surface area contributed by atoms with Crippen LogP contribution in [0.4, 0.5) is 0 Å². The number of rotatable bonds is 3. The summed E-state index contributed by atoms with van der Waals surface area (Å²) >= 11 is 0. The number of hydrogen-bond donors (Lipinski definition) is 1. The highest BCUT2D eigenvalue weighted by Crippen LogP contribution is 2.26. The van der Waals surface area contributed by atoms with Crippen LogP contribution in [-0.4, -0.2) is 11.0 Å². The molecule has 0 amide bonds. The van der Waals surface area contributed by atoms with Crippen molar-refractivity contribution in [1.29, 1.82) is 0 Å². The van der Waals surface area contributed by atoms with E-state index < -0.39 is 0 Å². The molecule has 17 heavy (non-hydrogen) atoms. The van der Waals surface area contributed by atoms with Gasteiger partial charge in [0.2, 0.25) is 0 Å². The fourth-order valence-corrected chi connectivity index (χ4v) is 2.43. The average molecular weight is 228 g/mol. The molecule has 90 valence electrons. The minimum absolute atomic E-state index is 0.146. The number of para-hydroxylation sites is 1. The number of aryl methyl sites for hydroxylation is 1. The fraction of sp³-hybridized carbons (Fsp3) is 0.400. The second-order valence-electron chi connectivity index (χ2n) is 4.76. The molecule has 1 aromatic heterocycles. The van der Waals surface area contributed by atoms with Gasteiger partial charge in [-0.15, -0.1) is 0 Å². The Bertz CT molecular complexity index is 517.